The van der Waals surface area contributed by atoms with Crippen molar-refractivity contribution in [2.75, 3.05) is 32.4 Å². The predicted octanol–water partition coefficient (Wildman–Crippen LogP) is 2.20. The molecule has 94 valence electrons. The van der Waals surface area contributed by atoms with Crippen molar-refractivity contribution in [1.82, 2.24) is 10.2 Å². The zero-order chi connectivity index (χ0) is 11.6. The Labute approximate surface area is 105 Å². The van der Waals surface area contributed by atoms with Gasteiger partial charge in [-0.15, -0.1) is 0 Å². The van der Waals surface area contributed by atoms with Crippen LogP contribution in [0.3, 0.4) is 0 Å². The van der Waals surface area contributed by atoms with Gasteiger partial charge in [-0.2, -0.15) is 11.8 Å². The van der Waals surface area contributed by atoms with E-state index >= 15 is 0 Å². The van der Waals surface area contributed by atoms with Crippen LogP contribution in [0.1, 0.15) is 33.1 Å². The zero-order valence-electron chi connectivity index (χ0n) is 11.0. The summed E-state index contributed by atoms with van der Waals surface area (Å²) < 4.78 is 0. The van der Waals surface area contributed by atoms with E-state index < -0.39 is 0 Å². The lowest BCUT2D eigenvalue weighted by Gasteiger charge is -2.31. The van der Waals surface area contributed by atoms with E-state index in [9.17, 15) is 0 Å². The van der Waals surface area contributed by atoms with Gasteiger partial charge in [-0.25, -0.2) is 0 Å². The molecular weight excluding hydrogens is 216 g/mol. The van der Waals surface area contributed by atoms with Crippen LogP contribution in [0.2, 0.25) is 0 Å². The Morgan fingerprint density at radius 1 is 1.31 bits per heavy atom. The summed E-state index contributed by atoms with van der Waals surface area (Å²) in [4.78, 5) is 2.76. The summed E-state index contributed by atoms with van der Waals surface area (Å²) in [5, 5.41) is 4.36. The Bertz CT molecular complexity index is 228. The molecule has 0 aromatic heterocycles. The first-order chi connectivity index (χ1) is 7.74. The molecular formula is C13H26N2S. The van der Waals surface area contributed by atoms with Gasteiger partial charge < -0.3 is 5.32 Å². The van der Waals surface area contributed by atoms with E-state index in [1.807, 2.05) is 11.8 Å². The first-order valence-corrected chi connectivity index (χ1v) is 8.01. The molecule has 2 atom stereocenters. The minimum atomic E-state index is 0.631. The van der Waals surface area contributed by atoms with Crippen LogP contribution in [0.4, 0.5) is 0 Å². The molecule has 0 amide bonds. The largest absolute Gasteiger partial charge is 0.314 e. The lowest BCUT2D eigenvalue weighted by Crippen LogP contribution is -2.41. The molecule has 0 bridgehead atoms. The minimum Gasteiger partial charge on any atom is -0.314 e. The molecule has 1 N–H and O–H groups in total. The van der Waals surface area contributed by atoms with E-state index in [4.69, 9.17) is 0 Å². The Kier molecular flexibility index (Phi) is 4.20. The first kappa shape index (κ1) is 12.7. The molecule has 2 rings (SSSR count). The monoisotopic (exact) mass is 242 g/mol. The molecule has 2 fully saturated rings. The molecule has 2 aliphatic heterocycles. The summed E-state index contributed by atoms with van der Waals surface area (Å²) >= 11 is 2.04. The van der Waals surface area contributed by atoms with Crippen molar-refractivity contribution in [3.8, 4) is 0 Å². The van der Waals surface area contributed by atoms with Crippen LogP contribution in [-0.2, 0) is 0 Å². The zero-order valence-corrected chi connectivity index (χ0v) is 11.8. The third kappa shape index (κ3) is 2.27. The SMILES string of the molecule is CCC1(CC)CCN(C2CNCC2SC)C1. The maximum atomic E-state index is 3.55. The summed E-state index contributed by atoms with van der Waals surface area (Å²) in [5.41, 5.74) is 0.631. The average Bonchev–Trinajstić information content (AvgIpc) is 2.95. The molecule has 2 aliphatic rings. The highest BCUT2D eigenvalue weighted by molar-refractivity contribution is 7.99. The van der Waals surface area contributed by atoms with E-state index in [1.54, 1.807) is 0 Å². The van der Waals surface area contributed by atoms with Gasteiger partial charge in [0.15, 0.2) is 0 Å². The molecule has 0 saturated carbocycles. The number of rotatable bonds is 4. The molecule has 0 radical (unpaired) electrons. The first-order valence-electron chi connectivity index (χ1n) is 6.72. The fourth-order valence-corrected chi connectivity index (χ4v) is 4.19. The Morgan fingerprint density at radius 2 is 2.06 bits per heavy atom. The molecule has 0 aromatic rings. The van der Waals surface area contributed by atoms with Gasteiger partial charge in [0.25, 0.3) is 0 Å². The van der Waals surface area contributed by atoms with Crippen LogP contribution in [-0.4, -0.2) is 48.6 Å². The van der Waals surface area contributed by atoms with E-state index in [1.165, 1.54) is 45.4 Å². The second-order valence-electron chi connectivity index (χ2n) is 5.43. The number of hydrogen-bond donors (Lipinski definition) is 1. The van der Waals surface area contributed by atoms with Gasteiger partial charge in [-0.3, -0.25) is 4.90 Å². The number of thioether (sulfide) groups is 1. The Hall–Kier alpha value is 0.270. The number of likely N-dealkylation sites (tertiary alicyclic amines) is 1. The van der Waals surface area contributed by atoms with Crippen molar-refractivity contribution in [2.45, 2.75) is 44.4 Å². The maximum absolute atomic E-state index is 3.55. The van der Waals surface area contributed by atoms with Gasteiger partial charge in [-0.1, -0.05) is 13.8 Å². The van der Waals surface area contributed by atoms with Crippen molar-refractivity contribution in [2.24, 2.45) is 5.41 Å². The molecule has 3 heteroatoms. The molecule has 16 heavy (non-hydrogen) atoms. The van der Waals surface area contributed by atoms with Crippen LogP contribution in [0.25, 0.3) is 0 Å². The van der Waals surface area contributed by atoms with Crippen molar-refractivity contribution in [3.05, 3.63) is 0 Å². The quantitative estimate of drug-likeness (QED) is 0.814. The second kappa shape index (κ2) is 5.28. The van der Waals surface area contributed by atoms with E-state index in [-0.39, 0.29) is 0 Å². The molecule has 2 nitrogen and oxygen atoms in total. The van der Waals surface area contributed by atoms with Crippen LogP contribution < -0.4 is 5.32 Å². The van der Waals surface area contributed by atoms with Crippen molar-refractivity contribution >= 4 is 11.8 Å². The smallest absolute Gasteiger partial charge is 0.0351 e. The van der Waals surface area contributed by atoms with Gasteiger partial charge in [0.2, 0.25) is 0 Å². The third-order valence-corrected chi connectivity index (χ3v) is 5.95. The lowest BCUT2D eigenvalue weighted by molar-refractivity contribution is 0.205. The highest BCUT2D eigenvalue weighted by atomic mass is 32.2. The number of hydrogen-bond acceptors (Lipinski definition) is 3. The highest BCUT2D eigenvalue weighted by Crippen LogP contribution is 2.39. The fourth-order valence-electron chi connectivity index (χ4n) is 3.33. The van der Waals surface area contributed by atoms with Crippen LogP contribution in [0.15, 0.2) is 0 Å². The molecule has 2 saturated heterocycles. The predicted molar refractivity (Wildman–Crippen MR) is 73.2 cm³/mol. The van der Waals surface area contributed by atoms with Gasteiger partial charge in [0, 0.05) is 30.9 Å². The maximum Gasteiger partial charge on any atom is 0.0351 e. The fraction of sp³-hybridized carbons (Fsp3) is 1.00. The van der Waals surface area contributed by atoms with Crippen LogP contribution in [0, 0.1) is 5.41 Å². The molecule has 0 aromatic carbocycles. The van der Waals surface area contributed by atoms with E-state index in [2.05, 4.69) is 30.3 Å². The molecule has 2 heterocycles. The van der Waals surface area contributed by atoms with E-state index in [0.717, 1.165) is 11.3 Å². The van der Waals surface area contributed by atoms with E-state index in [0.29, 0.717) is 5.41 Å². The standard InChI is InChI=1S/C13H26N2S/c1-4-13(5-2)6-7-15(10-13)11-8-14-9-12(11)16-3/h11-12,14H,4-10H2,1-3H3. The summed E-state index contributed by atoms with van der Waals surface area (Å²) in [5.74, 6) is 0. The molecule has 0 aliphatic carbocycles. The summed E-state index contributed by atoms with van der Waals surface area (Å²) in [6, 6.07) is 0.787. The Balaban J connectivity index is 1.97. The van der Waals surface area contributed by atoms with Gasteiger partial charge >= 0.3 is 0 Å². The number of nitrogens with zero attached hydrogens (tertiary/aromatic N) is 1. The lowest BCUT2D eigenvalue weighted by atomic mass is 9.82. The second-order valence-corrected chi connectivity index (χ2v) is 6.50. The minimum absolute atomic E-state index is 0.631. The number of nitrogens with one attached hydrogen (secondary N) is 1. The van der Waals surface area contributed by atoms with Gasteiger partial charge in [0.1, 0.15) is 0 Å². The van der Waals surface area contributed by atoms with Crippen LogP contribution >= 0.6 is 11.8 Å². The average molecular weight is 242 g/mol. The van der Waals surface area contributed by atoms with Gasteiger partial charge in [0.05, 0.1) is 0 Å². The highest BCUT2D eigenvalue weighted by Gasteiger charge is 2.41. The van der Waals surface area contributed by atoms with Crippen molar-refractivity contribution < 1.29 is 0 Å². The normalized spacial score (nSPS) is 34.7. The molecule has 0 spiro atoms. The topological polar surface area (TPSA) is 15.3 Å². The van der Waals surface area contributed by atoms with Crippen molar-refractivity contribution in [1.29, 1.82) is 0 Å². The third-order valence-electron chi connectivity index (χ3n) is 4.87. The summed E-state index contributed by atoms with van der Waals surface area (Å²) in [7, 11) is 0. The Morgan fingerprint density at radius 3 is 2.62 bits per heavy atom. The summed E-state index contributed by atoms with van der Waals surface area (Å²) in [6.45, 7) is 9.80. The van der Waals surface area contributed by atoms with Crippen molar-refractivity contribution in [3.63, 3.8) is 0 Å². The summed E-state index contributed by atoms with van der Waals surface area (Å²) in [6.07, 6.45) is 6.37. The molecule has 2 unspecified atom stereocenters. The van der Waals surface area contributed by atoms with Gasteiger partial charge in [-0.05, 0) is 37.5 Å². The van der Waals surface area contributed by atoms with Crippen LogP contribution in [0.5, 0.6) is 0 Å².